The largest absolute Gasteiger partial charge is 0.345 e. The molecule has 0 aliphatic heterocycles. The Morgan fingerprint density at radius 3 is 2.67 bits per heavy atom. The van der Waals surface area contributed by atoms with E-state index in [-0.39, 0.29) is 5.92 Å². The molecular weight excluding hydrogens is 260 g/mol. The molecule has 2 bridgehead atoms. The van der Waals surface area contributed by atoms with Gasteiger partial charge in [0.25, 0.3) is 0 Å². The number of hydrogen-bond acceptors (Lipinski definition) is 2. The highest BCUT2D eigenvalue weighted by atomic mass is 16.2. The van der Waals surface area contributed by atoms with E-state index >= 15 is 0 Å². The second kappa shape index (κ2) is 6.68. The van der Waals surface area contributed by atoms with Gasteiger partial charge in [0.1, 0.15) is 0 Å². The third kappa shape index (κ3) is 3.44. The van der Waals surface area contributed by atoms with Crippen LogP contribution in [0.2, 0.25) is 0 Å². The fraction of sp³-hybridized carbons (Fsp3) is 0.944. The predicted octanol–water partition coefficient (Wildman–Crippen LogP) is 3.04. The summed E-state index contributed by atoms with van der Waals surface area (Å²) in [5, 5.41) is 0. The van der Waals surface area contributed by atoms with Crippen LogP contribution >= 0.6 is 0 Å². The Morgan fingerprint density at radius 1 is 1.14 bits per heavy atom. The van der Waals surface area contributed by atoms with Gasteiger partial charge in [-0.05, 0) is 68.7 Å². The molecule has 3 rings (SSSR count). The van der Waals surface area contributed by atoms with Crippen molar-refractivity contribution in [3.05, 3.63) is 0 Å². The number of carbonyl (C=O) groups is 1. The van der Waals surface area contributed by atoms with Gasteiger partial charge in [-0.2, -0.15) is 0 Å². The van der Waals surface area contributed by atoms with Crippen molar-refractivity contribution in [3.8, 4) is 0 Å². The molecule has 2 N–H and O–H groups in total. The number of nitrogens with two attached hydrogens (primary N) is 1. The number of carbonyl (C=O) groups excluding carboxylic acids is 1. The van der Waals surface area contributed by atoms with Crippen molar-refractivity contribution < 1.29 is 4.79 Å². The molecule has 0 saturated heterocycles. The first kappa shape index (κ1) is 15.3. The van der Waals surface area contributed by atoms with Gasteiger partial charge in [-0.1, -0.05) is 19.3 Å². The van der Waals surface area contributed by atoms with Crippen molar-refractivity contribution in [3.63, 3.8) is 0 Å². The number of rotatable bonds is 5. The molecule has 3 nitrogen and oxygen atoms in total. The first-order valence-electron chi connectivity index (χ1n) is 9.12. The van der Waals surface area contributed by atoms with Gasteiger partial charge in [0.05, 0.1) is 0 Å². The summed E-state index contributed by atoms with van der Waals surface area (Å²) in [6, 6.07) is 0. The van der Waals surface area contributed by atoms with Crippen molar-refractivity contribution in [2.24, 2.45) is 35.3 Å². The van der Waals surface area contributed by atoms with Gasteiger partial charge in [0.2, 0.25) is 5.91 Å². The van der Waals surface area contributed by atoms with Gasteiger partial charge in [-0.3, -0.25) is 4.79 Å². The summed E-state index contributed by atoms with van der Waals surface area (Å²) >= 11 is 0. The van der Waals surface area contributed by atoms with Crippen LogP contribution in [0.4, 0.5) is 0 Å². The summed E-state index contributed by atoms with van der Waals surface area (Å²) in [5.74, 6) is 4.07. The second-order valence-corrected chi connectivity index (χ2v) is 7.96. The van der Waals surface area contributed by atoms with Gasteiger partial charge in [0.15, 0.2) is 0 Å². The number of hydrogen-bond donors (Lipinski definition) is 1. The van der Waals surface area contributed by atoms with Crippen molar-refractivity contribution in [1.29, 1.82) is 0 Å². The van der Waals surface area contributed by atoms with Crippen LogP contribution < -0.4 is 5.73 Å². The summed E-state index contributed by atoms with van der Waals surface area (Å²) in [7, 11) is 2.04. The van der Waals surface area contributed by atoms with E-state index in [1.54, 1.807) is 0 Å². The fourth-order valence-corrected chi connectivity index (χ4v) is 5.37. The molecule has 3 aliphatic rings. The molecule has 21 heavy (non-hydrogen) atoms. The van der Waals surface area contributed by atoms with E-state index in [0.717, 1.165) is 50.1 Å². The minimum Gasteiger partial charge on any atom is -0.345 e. The summed E-state index contributed by atoms with van der Waals surface area (Å²) in [5.41, 5.74) is 5.69. The van der Waals surface area contributed by atoms with E-state index in [1.165, 1.54) is 38.5 Å². The van der Waals surface area contributed by atoms with E-state index in [0.29, 0.717) is 11.8 Å². The normalized spacial score (nSPS) is 38.7. The average Bonchev–Trinajstić information content (AvgIpc) is 3.09. The quantitative estimate of drug-likeness (QED) is 0.846. The molecule has 3 saturated carbocycles. The smallest absolute Gasteiger partial charge is 0.225 e. The Labute approximate surface area is 129 Å². The predicted molar refractivity (Wildman–Crippen MR) is 85.7 cm³/mol. The molecule has 5 unspecified atom stereocenters. The summed E-state index contributed by atoms with van der Waals surface area (Å²) in [6.45, 7) is 1.78. The molecule has 0 spiro atoms. The molecular formula is C18H32N2O. The molecule has 0 aromatic heterocycles. The van der Waals surface area contributed by atoms with Crippen LogP contribution in [0.1, 0.15) is 57.8 Å². The molecule has 120 valence electrons. The topological polar surface area (TPSA) is 46.3 Å². The van der Waals surface area contributed by atoms with Crippen LogP contribution in [0.5, 0.6) is 0 Å². The fourth-order valence-electron chi connectivity index (χ4n) is 5.37. The minimum absolute atomic E-state index is 0.277. The van der Waals surface area contributed by atoms with Crippen molar-refractivity contribution in [1.82, 2.24) is 4.90 Å². The second-order valence-electron chi connectivity index (χ2n) is 7.96. The third-order valence-corrected chi connectivity index (χ3v) is 6.48. The van der Waals surface area contributed by atoms with Crippen LogP contribution in [-0.4, -0.2) is 30.9 Å². The first-order chi connectivity index (χ1) is 10.2. The lowest BCUT2D eigenvalue weighted by Gasteiger charge is -2.33. The molecule has 0 radical (unpaired) electrons. The van der Waals surface area contributed by atoms with Crippen LogP contribution in [0.3, 0.4) is 0 Å². The van der Waals surface area contributed by atoms with E-state index in [4.69, 9.17) is 5.73 Å². The maximum atomic E-state index is 12.7. The van der Waals surface area contributed by atoms with E-state index in [2.05, 4.69) is 4.90 Å². The molecule has 1 amide bonds. The molecule has 0 heterocycles. The monoisotopic (exact) mass is 292 g/mol. The van der Waals surface area contributed by atoms with Crippen LogP contribution in [-0.2, 0) is 4.79 Å². The summed E-state index contributed by atoms with van der Waals surface area (Å²) in [4.78, 5) is 14.8. The standard InChI is InChI=1S/C18H32N2O/c1-20(12-17-11-14-5-6-15(17)10-14)18(21)16-4-2-3-13(9-16)7-8-19/h13-17H,2-12,19H2,1H3. The third-order valence-electron chi connectivity index (χ3n) is 6.48. The van der Waals surface area contributed by atoms with Crippen LogP contribution in [0.15, 0.2) is 0 Å². The minimum atomic E-state index is 0.277. The highest BCUT2D eigenvalue weighted by Gasteiger charge is 2.40. The Balaban J connectivity index is 1.49. The number of amides is 1. The van der Waals surface area contributed by atoms with Crippen LogP contribution in [0.25, 0.3) is 0 Å². The summed E-state index contributed by atoms with van der Waals surface area (Å²) in [6.07, 6.45) is 11.4. The lowest BCUT2D eigenvalue weighted by molar-refractivity contribution is -0.136. The van der Waals surface area contributed by atoms with Crippen molar-refractivity contribution >= 4 is 5.91 Å². The summed E-state index contributed by atoms with van der Waals surface area (Å²) < 4.78 is 0. The zero-order chi connectivity index (χ0) is 14.8. The average molecular weight is 292 g/mol. The van der Waals surface area contributed by atoms with Gasteiger partial charge in [-0.25, -0.2) is 0 Å². The van der Waals surface area contributed by atoms with Gasteiger partial charge in [-0.15, -0.1) is 0 Å². The molecule has 3 fully saturated rings. The van der Waals surface area contributed by atoms with Gasteiger partial charge < -0.3 is 10.6 Å². The number of fused-ring (bicyclic) bond motifs is 2. The highest BCUT2D eigenvalue weighted by molar-refractivity contribution is 5.78. The maximum Gasteiger partial charge on any atom is 0.225 e. The first-order valence-corrected chi connectivity index (χ1v) is 9.12. The van der Waals surface area contributed by atoms with Crippen molar-refractivity contribution in [2.45, 2.75) is 57.8 Å². The lowest BCUT2D eigenvalue weighted by Crippen LogP contribution is -2.39. The van der Waals surface area contributed by atoms with Crippen molar-refractivity contribution in [2.75, 3.05) is 20.1 Å². The van der Waals surface area contributed by atoms with E-state index < -0.39 is 0 Å². The molecule has 5 atom stereocenters. The molecule has 3 heteroatoms. The lowest BCUT2D eigenvalue weighted by atomic mass is 9.79. The molecule has 3 aliphatic carbocycles. The Bertz CT molecular complexity index is 368. The number of nitrogens with zero attached hydrogens (tertiary/aromatic N) is 1. The SMILES string of the molecule is CN(CC1CC2CCC1C2)C(=O)C1CCCC(CCN)C1. The van der Waals surface area contributed by atoms with Crippen LogP contribution in [0, 0.1) is 29.6 Å². The highest BCUT2D eigenvalue weighted by Crippen LogP contribution is 2.48. The zero-order valence-electron chi connectivity index (χ0n) is 13.6. The zero-order valence-corrected chi connectivity index (χ0v) is 13.6. The maximum absolute atomic E-state index is 12.7. The Morgan fingerprint density at radius 2 is 2.00 bits per heavy atom. The molecule has 0 aromatic rings. The molecule has 0 aromatic carbocycles. The van der Waals surface area contributed by atoms with E-state index in [9.17, 15) is 4.79 Å². The van der Waals surface area contributed by atoms with Gasteiger partial charge >= 0.3 is 0 Å². The van der Waals surface area contributed by atoms with Gasteiger partial charge in [0, 0.05) is 19.5 Å². The Kier molecular flexibility index (Phi) is 4.88. The Hall–Kier alpha value is -0.570. The van der Waals surface area contributed by atoms with E-state index in [1.807, 2.05) is 7.05 Å².